The molecule has 0 saturated heterocycles. The summed E-state index contributed by atoms with van der Waals surface area (Å²) < 4.78 is 11.4. The van der Waals surface area contributed by atoms with Gasteiger partial charge in [-0.05, 0) is 30.3 Å². The van der Waals surface area contributed by atoms with E-state index in [9.17, 15) is 9.59 Å². The lowest BCUT2D eigenvalue weighted by molar-refractivity contribution is 0.0954. The van der Waals surface area contributed by atoms with Crippen molar-refractivity contribution in [2.45, 2.75) is 6.54 Å². The Morgan fingerprint density at radius 3 is 2.68 bits per heavy atom. The second-order valence-electron chi connectivity index (χ2n) is 6.21. The summed E-state index contributed by atoms with van der Waals surface area (Å²) in [4.78, 5) is 28.4. The molecule has 2 aromatic carbocycles. The molecule has 0 fully saturated rings. The van der Waals surface area contributed by atoms with E-state index >= 15 is 0 Å². The third-order valence-corrected chi connectivity index (χ3v) is 5.71. The van der Waals surface area contributed by atoms with Gasteiger partial charge in [0.05, 0.1) is 24.5 Å². The van der Waals surface area contributed by atoms with Gasteiger partial charge in [-0.2, -0.15) is 0 Å². The number of H-pyrrole nitrogens is 1. The lowest BCUT2D eigenvalue weighted by Crippen LogP contribution is -2.22. The number of carbonyl (C=O) groups excluding carboxylic acids is 1. The monoisotopic (exact) mass is 394 g/mol. The fourth-order valence-electron chi connectivity index (χ4n) is 3.13. The van der Waals surface area contributed by atoms with E-state index in [2.05, 4.69) is 10.3 Å². The van der Waals surface area contributed by atoms with Gasteiger partial charge in [0.15, 0.2) is 0 Å². The van der Waals surface area contributed by atoms with Crippen LogP contribution in [-0.4, -0.2) is 25.1 Å². The Labute approximate surface area is 164 Å². The normalized spacial score (nSPS) is 10.9. The Hall–Kier alpha value is -3.32. The standard InChI is InChI=1S/C21H18N2O4S/c1-26-13-7-8-17(27-2)12(9-13)11-22-21(25)18-10-15-19(28-18)14-5-3-4-6-16(14)23-20(15)24/h3-10H,11H2,1-2H3,(H,22,25)(H,23,24). The Kier molecular flexibility index (Phi) is 4.75. The molecular formula is C21H18N2O4S. The summed E-state index contributed by atoms with van der Waals surface area (Å²) >= 11 is 1.31. The van der Waals surface area contributed by atoms with Gasteiger partial charge in [0.25, 0.3) is 11.5 Å². The van der Waals surface area contributed by atoms with E-state index in [0.717, 1.165) is 21.2 Å². The van der Waals surface area contributed by atoms with Crippen molar-refractivity contribution in [2.24, 2.45) is 0 Å². The number of aromatic amines is 1. The molecule has 2 aromatic heterocycles. The lowest BCUT2D eigenvalue weighted by atomic mass is 10.1. The highest BCUT2D eigenvalue weighted by molar-refractivity contribution is 7.21. The fourth-order valence-corrected chi connectivity index (χ4v) is 4.25. The number of para-hydroxylation sites is 1. The molecule has 142 valence electrons. The molecule has 0 bridgehead atoms. The Balaban J connectivity index is 1.64. The summed E-state index contributed by atoms with van der Waals surface area (Å²) in [6, 6.07) is 14.6. The van der Waals surface area contributed by atoms with Crippen molar-refractivity contribution >= 4 is 38.2 Å². The van der Waals surface area contributed by atoms with Crippen LogP contribution in [0, 0.1) is 0 Å². The second kappa shape index (κ2) is 7.36. The van der Waals surface area contributed by atoms with Crippen molar-refractivity contribution in [3.63, 3.8) is 0 Å². The van der Waals surface area contributed by atoms with Crippen LogP contribution < -0.4 is 20.3 Å². The number of methoxy groups -OCH3 is 2. The molecule has 28 heavy (non-hydrogen) atoms. The zero-order valence-electron chi connectivity index (χ0n) is 15.4. The number of benzene rings is 2. The number of nitrogens with one attached hydrogen (secondary N) is 2. The summed E-state index contributed by atoms with van der Waals surface area (Å²) in [5.41, 5.74) is 1.37. The highest BCUT2D eigenvalue weighted by Gasteiger charge is 2.15. The van der Waals surface area contributed by atoms with Crippen LogP contribution in [0.5, 0.6) is 11.5 Å². The number of amides is 1. The number of carbonyl (C=O) groups is 1. The highest BCUT2D eigenvalue weighted by atomic mass is 32.1. The minimum atomic E-state index is -0.241. The molecule has 0 spiro atoms. The molecule has 0 aliphatic carbocycles. The number of hydrogen-bond donors (Lipinski definition) is 2. The van der Waals surface area contributed by atoms with Crippen molar-refractivity contribution in [3.8, 4) is 11.5 Å². The third kappa shape index (κ3) is 3.20. The first-order valence-electron chi connectivity index (χ1n) is 8.64. The molecule has 0 radical (unpaired) electrons. The fraction of sp³-hybridized carbons (Fsp3) is 0.143. The summed E-state index contributed by atoms with van der Waals surface area (Å²) in [5, 5.41) is 4.34. The van der Waals surface area contributed by atoms with Gasteiger partial charge >= 0.3 is 0 Å². The third-order valence-electron chi connectivity index (χ3n) is 4.55. The molecule has 2 heterocycles. The number of fused-ring (bicyclic) bond motifs is 3. The van der Waals surface area contributed by atoms with Gasteiger partial charge in [0.1, 0.15) is 11.5 Å². The first-order valence-corrected chi connectivity index (χ1v) is 9.46. The number of rotatable bonds is 5. The molecule has 0 aliphatic rings. The van der Waals surface area contributed by atoms with Crippen LogP contribution >= 0.6 is 11.3 Å². The van der Waals surface area contributed by atoms with Gasteiger partial charge in [-0.15, -0.1) is 11.3 Å². The molecule has 6 nitrogen and oxygen atoms in total. The Morgan fingerprint density at radius 1 is 1.07 bits per heavy atom. The molecule has 0 aliphatic heterocycles. The number of thiophene rings is 1. The van der Waals surface area contributed by atoms with Crippen molar-refractivity contribution in [1.82, 2.24) is 10.3 Å². The Bertz CT molecular complexity index is 1240. The largest absolute Gasteiger partial charge is 0.497 e. The summed E-state index contributed by atoms with van der Waals surface area (Å²) in [6.07, 6.45) is 0. The molecule has 4 aromatic rings. The summed E-state index contributed by atoms with van der Waals surface area (Å²) in [6.45, 7) is 0.282. The van der Waals surface area contributed by atoms with Crippen LogP contribution in [0.3, 0.4) is 0 Å². The zero-order valence-corrected chi connectivity index (χ0v) is 16.2. The van der Waals surface area contributed by atoms with Gasteiger partial charge < -0.3 is 19.8 Å². The molecule has 0 atom stereocenters. The van der Waals surface area contributed by atoms with Crippen LogP contribution in [0.1, 0.15) is 15.2 Å². The SMILES string of the molecule is COc1ccc(OC)c(CNC(=O)c2cc3c(=O)[nH]c4ccccc4c3s2)c1. The maximum Gasteiger partial charge on any atom is 0.261 e. The van der Waals surface area contributed by atoms with Gasteiger partial charge in [0.2, 0.25) is 0 Å². The van der Waals surface area contributed by atoms with E-state index in [4.69, 9.17) is 9.47 Å². The minimum absolute atomic E-state index is 0.196. The maximum absolute atomic E-state index is 12.7. The minimum Gasteiger partial charge on any atom is -0.497 e. The average Bonchev–Trinajstić information content (AvgIpc) is 3.18. The topological polar surface area (TPSA) is 80.4 Å². The molecule has 4 rings (SSSR count). The smallest absolute Gasteiger partial charge is 0.261 e. The summed E-state index contributed by atoms with van der Waals surface area (Å²) in [7, 11) is 3.17. The van der Waals surface area contributed by atoms with Gasteiger partial charge in [0, 0.05) is 27.7 Å². The molecule has 1 amide bonds. The first kappa shape index (κ1) is 18.1. The maximum atomic E-state index is 12.7. The van der Waals surface area contributed by atoms with Crippen LogP contribution in [-0.2, 0) is 6.54 Å². The van der Waals surface area contributed by atoms with E-state index in [1.54, 1.807) is 32.4 Å². The molecular weight excluding hydrogens is 376 g/mol. The Morgan fingerprint density at radius 2 is 1.89 bits per heavy atom. The predicted molar refractivity (Wildman–Crippen MR) is 111 cm³/mol. The van der Waals surface area contributed by atoms with Crippen molar-refractivity contribution < 1.29 is 14.3 Å². The van der Waals surface area contributed by atoms with Crippen molar-refractivity contribution in [3.05, 3.63) is 69.3 Å². The molecule has 0 unspecified atom stereocenters. The lowest BCUT2D eigenvalue weighted by Gasteiger charge is -2.11. The highest BCUT2D eigenvalue weighted by Crippen LogP contribution is 2.30. The van der Waals surface area contributed by atoms with Crippen LogP contribution in [0.4, 0.5) is 0 Å². The van der Waals surface area contributed by atoms with Crippen molar-refractivity contribution in [2.75, 3.05) is 14.2 Å². The van der Waals surface area contributed by atoms with Crippen LogP contribution in [0.15, 0.2) is 53.3 Å². The van der Waals surface area contributed by atoms with E-state index < -0.39 is 0 Å². The zero-order chi connectivity index (χ0) is 19.7. The van der Waals surface area contributed by atoms with Gasteiger partial charge in [-0.1, -0.05) is 18.2 Å². The van der Waals surface area contributed by atoms with E-state index in [-0.39, 0.29) is 18.0 Å². The average molecular weight is 394 g/mol. The quantitative estimate of drug-likeness (QED) is 0.541. The van der Waals surface area contributed by atoms with Crippen LogP contribution in [0.25, 0.3) is 21.0 Å². The van der Waals surface area contributed by atoms with E-state index in [0.29, 0.717) is 21.8 Å². The second-order valence-corrected chi connectivity index (χ2v) is 7.27. The summed E-state index contributed by atoms with van der Waals surface area (Å²) in [5.74, 6) is 1.11. The predicted octanol–water partition coefficient (Wildman–Crippen LogP) is 3.69. The van der Waals surface area contributed by atoms with E-state index in [1.807, 2.05) is 30.3 Å². The number of pyridine rings is 1. The first-order chi connectivity index (χ1) is 13.6. The van der Waals surface area contributed by atoms with Gasteiger partial charge in [-0.25, -0.2) is 0 Å². The van der Waals surface area contributed by atoms with Crippen molar-refractivity contribution in [1.29, 1.82) is 0 Å². The number of ether oxygens (including phenoxy) is 2. The van der Waals surface area contributed by atoms with Gasteiger partial charge in [-0.3, -0.25) is 9.59 Å². The molecule has 0 saturated carbocycles. The van der Waals surface area contributed by atoms with Crippen LogP contribution in [0.2, 0.25) is 0 Å². The number of aromatic nitrogens is 1. The number of hydrogen-bond acceptors (Lipinski definition) is 5. The molecule has 2 N–H and O–H groups in total. The van der Waals surface area contributed by atoms with E-state index in [1.165, 1.54) is 11.3 Å². The molecule has 7 heteroatoms.